The van der Waals surface area contributed by atoms with E-state index in [2.05, 4.69) is 13.8 Å². The first-order chi connectivity index (χ1) is 13.9. The zero-order valence-electron chi connectivity index (χ0n) is 16.7. The zero-order valence-corrected chi connectivity index (χ0v) is 18.3. The molecule has 1 saturated heterocycles. The van der Waals surface area contributed by atoms with E-state index in [9.17, 15) is 14.4 Å². The van der Waals surface area contributed by atoms with Gasteiger partial charge >= 0.3 is 5.69 Å². The molecule has 3 aromatic rings. The number of likely N-dealkylation sites (tertiary alicyclic amines) is 1. The molecule has 0 bridgehead atoms. The SMILES string of the molecule is C[C@@H]1C[C@@H](C)CN(C(=O)Cn2c(=O)n(CCc3cccs3)c(=O)c3sccc32)C1. The second-order valence-electron chi connectivity index (χ2n) is 8.03. The maximum absolute atomic E-state index is 13.2. The van der Waals surface area contributed by atoms with Crippen LogP contribution < -0.4 is 11.2 Å². The summed E-state index contributed by atoms with van der Waals surface area (Å²) in [4.78, 5) is 42.0. The van der Waals surface area contributed by atoms with Crippen molar-refractivity contribution in [2.75, 3.05) is 13.1 Å². The molecule has 1 aliphatic heterocycles. The Kier molecular flexibility index (Phi) is 5.74. The van der Waals surface area contributed by atoms with Crippen LogP contribution in [0.1, 0.15) is 25.1 Å². The van der Waals surface area contributed by atoms with E-state index < -0.39 is 5.69 Å². The fourth-order valence-corrected chi connectivity index (χ4v) is 5.80. The Morgan fingerprint density at radius 2 is 1.83 bits per heavy atom. The first kappa shape index (κ1) is 20.1. The topological polar surface area (TPSA) is 64.3 Å². The van der Waals surface area contributed by atoms with Crippen molar-refractivity contribution in [3.05, 3.63) is 54.7 Å². The van der Waals surface area contributed by atoms with Gasteiger partial charge in [-0.3, -0.25) is 18.7 Å². The molecule has 29 heavy (non-hydrogen) atoms. The molecule has 4 heterocycles. The Hall–Kier alpha value is -2.19. The van der Waals surface area contributed by atoms with Gasteiger partial charge in [-0.1, -0.05) is 19.9 Å². The maximum atomic E-state index is 13.2. The zero-order chi connectivity index (χ0) is 20.5. The van der Waals surface area contributed by atoms with Crippen molar-refractivity contribution in [1.82, 2.24) is 14.0 Å². The van der Waals surface area contributed by atoms with Gasteiger partial charge in [0.2, 0.25) is 5.91 Å². The van der Waals surface area contributed by atoms with Gasteiger partial charge < -0.3 is 4.90 Å². The minimum absolute atomic E-state index is 0.0230. The number of nitrogens with zero attached hydrogens (tertiary/aromatic N) is 3. The molecule has 0 aromatic carbocycles. The van der Waals surface area contributed by atoms with E-state index >= 15 is 0 Å². The van der Waals surface area contributed by atoms with Crippen molar-refractivity contribution in [1.29, 1.82) is 0 Å². The first-order valence-corrected chi connectivity index (χ1v) is 11.7. The van der Waals surface area contributed by atoms with Gasteiger partial charge in [-0.2, -0.15) is 0 Å². The molecule has 1 fully saturated rings. The molecule has 0 radical (unpaired) electrons. The van der Waals surface area contributed by atoms with Crippen LogP contribution in [0.4, 0.5) is 0 Å². The summed E-state index contributed by atoms with van der Waals surface area (Å²) < 4.78 is 3.30. The van der Waals surface area contributed by atoms with Crippen LogP contribution >= 0.6 is 22.7 Å². The van der Waals surface area contributed by atoms with Crippen LogP contribution in [0, 0.1) is 11.8 Å². The van der Waals surface area contributed by atoms with Crippen molar-refractivity contribution in [2.45, 2.75) is 39.8 Å². The number of aryl methyl sites for hydroxylation is 1. The lowest BCUT2D eigenvalue weighted by atomic mass is 9.92. The number of piperidine rings is 1. The molecule has 0 saturated carbocycles. The molecule has 1 amide bonds. The van der Waals surface area contributed by atoms with E-state index in [1.165, 1.54) is 20.5 Å². The molecule has 0 N–H and O–H groups in total. The predicted molar refractivity (Wildman–Crippen MR) is 118 cm³/mol. The van der Waals surface area contributed by atoms with Crippen LogP contribution in [0.2, 0.25) is 0 Å². The molecule has 0 spiro atoms. The number of thiophene rings is 2. The number of hydrogen-bond donors (Lipinski definition) is 0. The Labute approximate surface area is 177 Å². The standard InChI is InChI=1S/C21H25N3O3S2/c1-14-10-15(2)12-22(11-14)18(25)13-24-17-6-9-29-19(17)20(26)23(21(24)27)7-5-16-4-3-8-28-16/h3-4,6,8-9,14-15H,5,7,10-13H2,1-2H3/t14-,15-/m1/s1. The normalized spacial score (nSPS) is 19.7. The number of carbonyl (C=O) groups is 1. The van der Waals surface area contributed by atoms with Gasteiger partial charge in [0.1, 0.15) is 11.2 Å². The molecule has 2 atom stereocenters. The van der Waals surface area contributed by atoms with Crippen LogP contribution in [-0.4, -0.2) is 33.0 Å². The highest BCUT2D eigenvalue weighted by molar-refractivity contribution is 7.17. The number of amides is 1. The van der Waals surface area contributed by atoms with E-state index in [4.69, 9.17) is 0 Å². The largest absolute Gasteiger partial charge is 0.341 e. The fourth-order valence-electron chi connectivity index (χ4n) is 4.26. The van der Waals surface area contributed by atoms with Crippen molar-refractivity contribution in [3.8, 4) is 0 Å². The smallest absolute Gasteiger partial charge is 0.332 e. The van der Waals surface area contributed by atoms with E-state index in [1.54, 1.807) is 22.8 Å². The lowest BCUT2D eigenvalue weighted by Crippen LogP contribution is -2.47. The van der Waals surface area contributed by atoms with E-state index in [1.807, 2.05) is 22.4 Å². The number of carbonyl (C=O) groups excluding carboxylic acids is 1. The summed E-state index contributed by atoms with van der Waals surface area (Å²) in [6, 6.07) is 5.73. The predicted octanol–water partition coefficient (Wildman–Crippen LogP) is 3.03. The van der Waals surface area contributed by atoms with Crippen LogP contribution in [-0.2, 0) is 24.3 Å². The van der Waals surface area contributed by atoms with Crippen LogP contribution in [0.15, 0.2) is 38.5 Å². The summed E-state index contributed by atoms with van der Waals surface area (Å²) in [5, 5.41) is 3.79. The van der Waals surface area contributed by atoms with E-state index in [0.717, 1.165) is 24.4 Å². The average Bonchev–Trinajstić information content (AvgIpc) is 3.36. The van der Waals surface area contributed by atoms with Gasteiger partial charge in [-0.05, 0) is 47.6 Å². The molecule has 4 rings (SSSR count). The molecule has 3 aromatic heterocycles. The minimum atomic E-state index is -0.399. The third kappa shape index (κ3) is 4.09. The number of hydrogen-bond acceptors (Lipinski definition) is 5. The third-order valence-corrected chi connectivity index (χ3v) is 7.34. The third-order valence-electron chi connectivity index (χ3n) is 5.51. The molecular weight excluding hydrogens is 406 g/mol. The highest BCUT2D eigenvalue weighted by Crippen LogP contribution is 2.22. The molecule has 0 aliphatic carbocycles. The second-order valence-corrected chi connectivity index (χ2v) is 9.98. The highest BCUT2D eigenvalue weighted by Gasteiger charge is 2.26. The van der Waals surface area contributed by atoms with Gasteiger partial charge in [-0.15, -0.1) is 22.7 Å². The summed E-state index contributed by atoms with van der Waals surface area (Å²) in [6.45, 7) is 6.06. The van der Waals surface area contributed by atoms with E-state index in [0.29, 0.717) is 35.0 Å². The van der Waals surface area contributed by atoms with Crippen molar-refractivity contribution in [2.24, 2.45) is 11.8 Å². The van der Waals surface area contributed by atoms with Gasteiger partial charge in [0, 0.05) is 24.5 Å². The summed E-state index contributed by atoms with van der Waals surface area (Å²) in [7, 11) is 0. The Bertz CT molecular complexity index is 1120. The number of rotatable bonds is 5. The lowest BCUT2D eigenvalue weighted by Gasteiger charge is -2.35. The number of aromatic nitrogens is 2. The quantitative estimate of drug-likeness (QED) is 0.624. The number of fused-ring (bicyclic) bond motifs is 1. The lowest BCUT2D eigenvalue weighted by molar-refractivity contribution is -0.134. The van der Waals surface area contributed by atoms with Crippen LogP contribution in [0.25, 0.3) is 10.2 Å². The molecule has 154 valence electrons. The summed E-state index contributed by atoms with van der Waals surface area (Å²) in [5.74, 6) is 0.863. The summed E-state index contributed by atoms with van der Waals surface area (Å²) >= 11 is 2.93. The highest BCUT2D eigenvalue weighted by atomic mass is 32.1. The second kappa shape index (κ2) is 8.28. The first-order valence-electron chi connectivity index (χ1n) is 9.95. The minimum Gasteiger partial charge on any atom is -0.341 e. The summed E-state index contributed by atoms with van der Waals surface area (Å²) in [6.07, 6.45) is 1.74. The van der Waals surface area contributed by atoms with E-state index in [-0.39, 0.29) is 18.0 Å². The fraction of sp³-hybridized carbons (Fsp3) is 0.476. The maximum Gasteiger partial charge on any atom is 0.332 e. The molecule has 6 nitrogen and oxygen atoms in total. The molecular formula is C21H25N3O3S2. The van der Waals surface area contributed by atoms with Crippen LogP contribution in [0.5, 0.6) is 0 Å². The van der Waals surface area contributed by atoms with Gasteiger partial charge in [0.15, 0.2) is 0 Å². The molecule has 8 heteroatoms. The Morgan fingerprint density at radius 1 is 1.07 bits per heavy atom. The monoisotopic (exact) mass is 431 g/mol. The molecule has 1 aliphatic rings. The summed E-state index contributed by atoms with van der Waals surface area (Å²) in [5.41, 5.74) is -0.104. The van der Waals surface area contributed by atoms with Gasteiger partial charge in [0.25, 0.3) is 5.56 Å². The van der Waals surface area contributed by atoms with Crippen molar-refractivity contribution < 1.29 is 4.79 Å². The Morgan fingerprint density at radius 3 is 2.52 bits per heavy atom. The average molecular weight is 432 g/mol. The van der Waals surface area contributed by atoms with Gasteiger partial charge in [-0.25, -0.2) is 4.79 Å². The van der Waals surface area contributed by atoms with Crippen molar-refractivity contribution >= 4 is 38.8 Å². The molecule has 0 unspecified atom stereocenters. The Balaban J connectivity index is 1.66. The van der Waals surface area contributed by atoms with Crippen molar-refractivity contribution in [3.63, 3.8) is 0 Å². The van der Waals surface area contributed by atoms with Crippen LogP contribution in [0.3, 0.4) is 0 Å². The van der Waals surface area contributed by atoms with Gasteiger partial charge in [0.05, 0.1) is 5.52 Å².